The van der Waals surface area contributed by atoms with Gasteiger partial charge in [0.25, 0.3) is 0 Å². The van der Waals surface area contributed by atoms with Gasteiger partial charge in [-0.25, -0.2) is 0 Å². The standard InChI is InChI=1S/C15H13ClN2OS/c1-9-8-12(10(2)19-9)14-17-18-15(20-14)13(16)11-6-4-3-5-7-11/h3-8,13H,1-2H3. The lowest BCUT2D eigenvalue weighted by Gasteiger charge is -2.04. The highest BCUT2D eigenvalue weighted by Crippen LogP contribution is 2.35. The Morgan fingerprint density at radius 1 is 1.15 bits per heavy atom. The van der Waals surface area contributed by atoms with E-state index in [1.54, 1.807) is 0 Å². The van der Waals surface area contributed by atoms with E-state index in [1.165, 1.54) is 11.3 Å². The third-order valence-corrected chi connectivity index (χ3v) is 4.63. The van der Waals surface area contributed by atoms with Gasteiger partial charge in [0, 0.05) is 0 Å². The summed E-state index contributed by atoms with van der Waals surface area (Å²) >= 11 is 7.96. The van der Waals surface area contributed by atoms with Crippen molar-refractivity contribution >= 4 is 22.9 Å². The summed E-state index contributed by atoms with van der Waals surface area (Å²) in [5.74, 6) is 1.73. The average molecular weight is 305 g/mol. The van der Waals surface area contributed by atoms with Gasteiger partial charge in [-0.2, -0.15) is 0 Å². The van der Waals surface area contributed by atoms with E-state index in [0.717, 1.165) is 32.7 Å². The first-order valence-electron chi connectivity index (χ1n) is 6.25. The third kappa shape index (κ3) is 2.49. The number of rotatable bonds is 3. The van der Waals surface area contributed by atoms with Gasteiger partial charge in [-0.05, 0) is 25.5 Å². The first-order valence-corrected chi connectivity index (χ1v) is 7.50. The molecular weight excluding hydrogens is 292 g/mol. The van der Waals surface area contributed by atoms with Crippen molar-refractivity contribution in [2.24, 2.45) is 0 Å². The molecule has 1 atom stereocenters. The number of alkyl halides is 1. The van der Waals surface area contributed by atoms with E-state index < -0.39 is 0 Å². The van der Waals surface area contributed by atoms with Crippen LogP contribution in [-0.2, 0) is 0 Å². The van der Waals surface area contributed by atoms with E-state index in [0.29, 0.717) is 0 Å². The fourth-order valence-corrected chi connectivity index (χ4v) is 3.29. The van der Waals surface area contributed by atoms with Gasteiger partial charge < -0.3 is 4.42 Å². The summed E-state index contributed by atoms with van der Waals surface area (Å²) in [5.41, 5.74) is 2.01. The molecule has 3 rings (SSSR count). The van der Waals surface area contributed by atoms with Gasteiger partial charge >= 0.3 is 0 Å². The smallest absolute Gasteiger partial charge is 0.151 e. The van der Waals surface area contributed by atoms with Crippen molar-refractivity contribution in [2.75, 3.05) is 0 Å². The third-order valence-electron chi connectivity index (χ3n) is 3.02. The Kier molecular flexibility index (Phi) is 3.59. The number of nitrogens with zero attached hydrogens (tertiary/aromatic N) is 2. The Hall–Kier alpha value is -1.65. The number of hydrogen-bond acceptors (Lipinski definition) is 4. The number of halogens is 1. The largest absolute Gasteiger partial charge is 0.466 e. The van der Waals surface area contributed by atoms with Crippen molar-refractivity contribution in [2.45, 2.75) is 19.2 Å². The molecule has 1 aromatic carbocycles. The molecular formula is C15H13ClN2OS. The van der Waals surface area contributed by atoms with Crippen LogP contribution in [0.25, 0.3) is 10.6 Å². The summed E-state index contributed by atoms with van der Waals surface area (Å²) in [4.78, 5) is 0. The van der Waals surface area contributed by atoms with Crippen LogP contribution in [-0.4, -0.2) is 10.2 Å². The van der Waals surface area contributed by atoms with Crippen LogP contribution in [0.2, 0.25) is 0 Å². The first-order chi connectivity index (χ1) is 9.65. The summed E-state index contributed by atoms with van der Waals surface area (Å²) in [5, 5.41) is 9.82. The Morgan fingerprint density at radius 2 is 1.90 bits per heavy atom. The van der Waals surface area contributed by atoms with Crippen LogP contribution in [0.15, 0.2) is 40.8 Å². The molecule has 0 spiro atoms. The second kappa shape index (κ2) is 5.38. The van der Waals surface area contributed by atoms with E-state index >= 15 is 0 Å². The Morgan fingerprint density at radius 3 is 2.55 bits per heavy atom. The molecule has 1 unspecified atom stereocenters. The van der Waals surface area contributed by atoms with Crippen molar-refractivity contribution in [3.05, 3.63) is 58.5 Å². The van der Waals surface area contributed by atoms with Crippen LogP contribution in [0.5, 0.6) is 0 Å². The van der Waals surface area contributed by atoms with Crippen molar-refractivity contribution in [3.8, 4) is 10.6 Å². The van der Waals surface area contributed by atoms with Crippen molar-refractivity contribution in [1.29, 1.82) is 0 Å². The molecule has 0 saturated heterocycles. The highest BCUT2D eigenvalue weighted by atomic mass is 35.5. The minimum Gasteiger partial charge on any atom is -0.466 e. The maximum absolute atomic E-state index is 6.46. The molecule has 2 heterocycles. The van der Waals surface area contributed by atoms with E-state index in [9.17, 15) is 0 Å². The maximum atomic E-state index is 6.46. The molecule has 20 heavy (non-hydrogen) atoms. The normalized spacial score (nSPS) is 12.6. The molecule has 102 valence electrons. The lowest BCUT2D eigenvalue weighted by molar-refractivity contribution is 0.505. The Labute approximate surface area is 126 Å². The zero-order chi connectivity index (χ0) is 14.1. The van der Waals surface area contributed by atoms with Crippen LogP contribution in [0.4, 0.5) is 0 Å². The Balaban J connectivity index is 1.93. The fraction of sp³-hybridized carbons (Fsp3) is 0.200. The molecule has 3 aromatic rings. The van der Waals surface area contributed by atoms with Crippen LogP contribution in [0.1, 0.15) is 27.5 Å². The van der Waals surface area contributed by atoms with Gasteiger partial charge in [-0.1, -0.05) is 41.7 Å². The topological polar surface area (TPSA) is 38.9 Å². The second-order valence-corrected chi connectivity index (χ2v) is 5.99. The van der Waals surface area contributed by atoms with E-state index in [1.807, 2.05) is 50.2 Å². The van der Waals surface area contributed by atoms with Gasteiger partial charge in [0.2, 0.25) is 0 Å². The predicted octanol–water partition coefficient (Wildman–Crippen LogP) is 4.74. The Bertz CT molecular complexity index is 721. The van der Waals surface area contributed by atoms with Crippen molar-refractivity contribution < 1.29 is 4.42 Å². The molecule has 0 radical (unpaired) electrons. The summed E-state index contributed by atoms with van der Waals surface area (Å²) < 4.78 is 5.53. The molecule has 0 aliphatic heterocycles. The zero-order valence-electron chi connectivity index (χ0n) is 11.1. The zero-order valence-corrected chi connectivity index (χ0v) is 12.7. The number of aromatic nitrogens is 2. The first kappa shape index (κ1) is 13.3. The lowest BCUT2D eigenvalue weighted by Crippen LogP contribution is -1.91. The summed E-state index contributed by atoms with van der Waals surface area (Å²) in [6, 6.07) is 11.9. The van der Waals surface area contributed by atoms with Crippen LogP contribution in [0.3, 0.4) is 0 Å². The summed E-state index contributed by atoms with van der Waals surface area (Å²) in [6.45, 7) is 3.85. The molecule has 0 N–H and O–H groups in total. The summed E-state index contributed by atoms with van der Waals surface area (Å²) in [7, 11) is 0. The number of benzene rings is 1. The van der Waals surface area contributed by atoms with Crippen LogP contribution < -0.4 is 0 Å². The maximum Gasteiger partial charge on any atom is 0.151 e. The molecule has 0 fully saturated rings. The van der Waals surface area contributed by atoms with Gasteiger partial charge in [0.1, 0.15) is 21.9 Å². The van der Waals surface area contributed by atoms with Gasteiger partial charge in [-0.15, -0.1) is 21.8 Å². The lowest BCUT2D eigenvalue weighted by atomic mass is 10.1. The van der Waals surface area contributed by atoms with Gasteiger partial charge in [0.05, 0.1) is 5.56 Å². The van der Waals surface area contributed by atoms with Crippen molar-refractivity contribution in [3.63, 3.8) is 0 Å². The molecule has 5 heteroatoms. The van der Waals surface area contributed by atoms with Gasteiger partial charge in [-0.3, -0.25) is 0 Å². The molecule has 0 bridgehead atoms. The van der Waals surface area contributed by atoms with E-state index in [-0.39, 0.29) is 5.38 Å². The van der Waals surface area contributed by atoms with Crippen LogP contribution in [0, 0.1) is 13.8 Å². The highest BCUT2D eigenvalue weighted by Gasteiger charge is 2.18. The molecule has 2 aromatic heterocycles. The number of hydrogen-bond donors (Lipinski definition) is 0. The predicted molar refractivity (Wildman–Crippen MR) is 81.2 cm³/mol. The minimum absolute atomic E-state index is 0.268. The van der Waals surface area contributed by atoms with Crippen molar-refractivity contribution in [1.82, 2.24) is 10.2 Å². The summed E-state index contributed by atoms with van der Waals surface area (Å²) in [6.07, 6.45) is 0. The van der Waals surface area contributed by atoms with Crippen LogP contribution >= 0.6 is 22.9 Å². The molecule has 3 nitrogen and oxygen atoms in total. The molecule has 0 amide bonds. The molecule has 0 aliphatic carbocycles. The second-order valence-electron chi connectivity index (χ2n) is 4.55. The number of aryl methyl sites for hydroxylation is 2. The molecule has 0 aliphatic rings. The average Bonchev–Trinajstić information content (AvgIpc) is 3.05. The van der Waals surface area contributed by atoms with E-state index in [2.05, 4.69) is 10.2 Å². The fourth-order valence-electron chi connectivity index (χ4n) is 2.05. The molecule has 0 saturated carbocycles. The highest BCUT2D eigenvalue weighted by molar-refractivity contribution is 7.15. The monoisotopic (exact) mass is 304 g/mol. The minimum atomic E-state index is -0.268. The SMILES string of the molecule is Cc1cc(-c2nnc(C(Cl)c3ccccc3)s2)c(C)o1. The van der Waals surface area contributed by atoms with Gasteiger partial charge in [0.15, 0.2) is 5.01 Å². The van der Waals surface area contributed by atoms with E-state index in [4.69, 9.17) is 16.0 Å². The quantitative estimate of drug-likeness (QED) is 0.656. The number of furan rings is 1.